The molecule has 0 fully saturated rings. The Morgan fingerprint density at radius 2 is 2.26 bits per heavy atom. The van der Waals surface area contributed by atoms with Crippen LogP contribution >= 0.6 is 22.7 Å². The highest BCUT2D eigenvalue weighted by Crippen LogP contribution is 2.39. The van der Waals surface area contributed by atoms with Gasteiger partial charge in [-0.3, -0.25) is 19.0 Å². The lowest BCUT2D eigenvalue weighted by molar-refractivity contribution is -0.147. The zero-order valence-electron chi connectivity index (χ0n) is 15.0. The molecule has 1 aliphatic carbocycles. The minimum Gasteiger partial charge on any atom is -0.454 e. The van der Waals surface area contributed by atoms with E-state index in [9.17, 15) is 19.6 Å². The first kappa shape index (κ1) is 19.3. The van der Waals surface area contributed by atoms with Crippen molar-refractivity contribution in [2.24, 2.45) is 5.92 Å². The summed E-state index contributed by atoms with van der Waals surface area (Å²) in [5.74, 6) is -0.592. The van der Waals surface area contributed by atoms with E-state index in [2.05, 4.69) is 18.3 Å². The number of nitrogens with zero attached hydrogens (tertiary/aromatic N) is 2. The highest BCUT2D eigenvalue weighted by Gasteiger charge is 2.24. The van der Waals surface area contributed by atoms with Crippen LogP contribution in [0.5, 0.6) is 0 Å². The molecule has 1 aliphatic rings. The molecule has 0 aliphatic heterocycles. The summed E-state index contributed by atoms with van der Waals surface area (Å²) in [5.41, 5.74) is 2.21. The SMILES string of the molecule is Cc1csc(=O)n1CC(=O)OCC(=O)Nc1sc2c(c1C#N)CC[C@@H](C)C2. The minimum absolute atomic E-state index is 0.226. The lowest BCUT2D eigenvalue weighted by atomic mass is 9.89. The van der Waals surface area contributed by atoms with E-state index in [1.54, 1.807) is 12.3 Å². The van der Waals surface area contributed by atoms with Gasteiger partial charge >= 0.3 is 10.8 Å². The summed E-state index contributed by atoms with van der Waals surface area (Å²) in [6, 6.07) is 2.18. The minimum atomic E-state index is -0.659. The molecule has 0 spiro atoms. The number of aryl methyl sites for hydroxylation is 1. The van der Waals surface area contributed by atoms with Crippen LogP contribution in [0, 0.1) is 24.2 Å². The molecule has 1 amide bonds. The van der Waals surface area contributed by atoms with Gasteiger partial charge in [0.2, 0.25) is 0 Å². The van der Waals surface area contributed by atoms with Crippen molar-refractivity contribution in [1.29, 1.82) is 5.26 Å². The predicted molar refractivity (Wildman–Crippen MR) is 103 cm³/mol. The quantitative estimate of drug-likeness (QED) is 0.770. The van der Waals surface area contributed by atoms with Gasteiger partial charge in [-0.15, -0.1) is 11.3 Å². The Balaban J connectivity index is 1.59. The van der Waals surface area contributed by atoms with Crippen LogP contribution in [0.15, 0.2) is 10.2 Å². The standard InChI is InChI=1S/C18H19N3O4S2/c1-10-3-4-12-13(6-19)17(27-14(12)5-10)20-15(22)8-25-16(23)7-21-11(2)9-26-18(21)24/h9-10H,3-5,7-8H2,1-2H3,(H,20,22)/t10-/m1/s1. The van der Waals surface area contributed by atoms with E-state index < -0.39 is 18.5 Å². The molecule has 0 unspecified atom stereocenters. The van der Waals surface area contributed by atoms with Crippen molar-refractivity contribution in [3.8, 4) is 6.07 Å². The van der Waals surface area contributed by atoms with Gasteiger partial charge in [0.15, 0.2) is 6.61 Å². The number of thiophene rings is 1. The molecule has 9 heteroatoms. The summed E-state index contributed by atoms with van der Waals surface area (Å²) in [4.78, 5) is 36.5. The average molecular weight is 406 g/mol. The molecule has 27 heavy (non-hydrogen) atoms. The topological polar surface area (TPSA) is 101 Å². The number of hydrogen-bond acceptors (Lipinski definition) is 7. The molecule has 0 saturated heterocycles. The molecule has 2 heterocycles. The Morgan fingerprint density at radius 3 is 2.93 bits per heavy atom. The Kier molecular flexibility index (Phi) is 5.77. The molecule has 2 aromatic heterocycles. The second-order valence-electron chi connectivity index (χ2n) is 6.61. The van der Waals surface area contributed by atoms with Crippen molar-refractivity contribution in [3.63, 3.8) is 0 Å². The van der Waals surface area contributed by atoms with Gasteiger partial charge in [0.25, 0.3) is 5.91 Å². The van der Waals surface area contributed by atoms with Crippen molar-refractivity contribution in [1.82, 2.24) is 4.57 Å². The normalized spacial score (nSPS) is 15.7. The summed E-state index contributed by atoms with van der Waals surface area (Å²) in [5, 5.41) is 14.3. The zero-order chi connectivity index (χ0) is 19.6. The smallest absolute Gasteiger partial charge is 0.326 e. The summed E-state index contributed by atoms with van der Waals surface area (Å²) in [6.45, 7) is 3.21. The van der Waals surface area contributed by atoms with Gasteiger partial charge in [-0.2, -0.15) is 5.26 Å². The van der Waals surface area contributed by atoms with Crippen LogP contribution in [-0.2, 0) is 33.7 Å². The van der Waals surface area contributed by atoms with Gasteiger partial charge in [0.05, 0.1) is 5.56 Å². The maximum atomic E-state index is 12.1. The fourth-order valence-corrected chi connectivity index (χ4v) is 5.15. The van der Waals surface area contributed by atoms with Crippen molar-refractivity contribution in [2.45, 2.75) is 39.7 Å². The first-order valence-electron chi connectivity index (χ1n) is 8.54. The van der Waals surface area contributed by atoms with Crippen molar-refractivity contribution < 1.29 is 14.3 Å². The molecule has 0 saturated carbocycles. The number of nitriles is 1. The number of nitrogens with one attached hydrogen (secondary N) is 1. The first-order valence-corrected chi connectivity index (χ1v) is 10.2. The number of esters is 1. The van der Waals surface area contributed by atoms with Gasteiger partial charge in [0, 0.05) is 16.0 Å². The van der Waals surface area contributed by atoms with Crippen LogP contribution < -0.4 is 10.2 Å². The van der Waals surface area contributed by atoms with E-state index in [1.807, 2.05) is 0 Å². The Morgan fingerprint density at radius 1 is 1.48 bits per heavy atom. The number of hydrogen-bond donors (Lipinski definition) is 1. The van der Waals surface area contributed by atoms with E-state index in [0.717, 1.165) is 41.0 Å². The summed E-state index contributed by atoms with van der Waals surface area (Å²) in [7, 11) is 0. The summed E-state index contributed by atoms with van der Waals surface area (Å²) in [6.07, 6.45) is 2.79. The lowest BCUT2D eigenvalue weighted by Gasteiger charge is -2.17. The number of carbonyl (C=O) groups is 2. The maximum Gasteiger partial charge on any atom is 0.326 e. The second-order valence-corrected chi connectivity index (χ2v) is 8.53. The molecule has 7 nitrogen and oxygen atoms in total. The van der Waals surface area contributed by atoms with E-state index in [4.69, 9.17) is 4.74 Å². The maximum absolute atomic E-state index is 12.1. The summed E-state index contributed by atoms with van der Waals surface area (Å²) < 4.78 is 6.27. The van der Waals surface area contributed by atoms with Crippen LogP contribution in [0.25, 0.3) is 0 Å². The lowest BCUT2D eigenvalue weighted by Crippen LogP contribution is -2.26. The van der Waals surface area contributed by atoms with Crippen LogP contribution in [-0.4, -0.2) is 23.1 Å². The molecule has 3 rings (SSSR count). The van der Waals surface area contributed by atoms with Gasteiger partial charge < -0.3 is 10.1 Å². The van der Waals surface area contributed by atoms with Gasteiger partial charge in [-0.05, 0) is 37.7 Å². The number of rotatable bonds is 5. The fourth-order valence-electron chi connectivity index (χ4n) is 3.04. The largest absolute Gasteiger partial charge is 0.454 e. The van der Waals surface area contributed by atoms with Crippen LogP contribution in [0.4, 0.5) is 5.00 Å². The monoisotopic (exact) mass is 405 g/mol. The third-order valence-electron chi connectivity index (χ3n) is 4.50. The number of fused-ring (bicyclic) bond motifs is 1. The Hall–Kier alpha value is -2.44. The van der Waals surface area contributed by atoms with Gasteiger partial charge in [0.1, 0.15) is 17.6 Å². The van der Waals surface area contributed by atoms with E-state index in [1.165, 1.54) is 15.9 Å². The van der Waals surface area contributed by atoms with Crippen molar-refractivity contribution in [2.75, 3.05) is 11.9 Å². The van der Waals surface area contributed by atoms with Crippen LogP contribution in [0.2, 0.25) is 0 Å². The molecule has 1 atom stereocenters. The number of aromatic nitrogens is 1. The molecular formula is C18H19N3O4S2. The number of ether oxygens (including phenoxy) is 1. The Bertz CT molecular complexity index is 980. The predicted octanol–water partition coefficient (Wildman–Crippen LogP) is 2.46. The fraction of sp³-hybridized carbons (Fsp3) is 0.444. The molecule has 2 aromatic rings. The average Bonchev–Trinajstić information content (AvgIpc) is 3.13. The van der Waals surface area contributed by atoms with Gasteiger partial charge in [-0.1, -0.05) is 18.3 Å². The van der Waals surface area contributed by atoms with Crippen molar-refractivity contribution in [3.05, 3.63) is 36.7 Å². The Labute approximate surface area is 164 Å². The summed E-state index contributed by atoms with van der Waals surface area (Å²) >= 11 is 2.43. The molecule has 0 aromatic carbocycles. The highest BCUT2D eigenvalue weighted by molar-refractivity contribution is 7.16. The zero-order valence-corrected chi connectivity index (χ0v) is 16.7. The van der Waals surface area contributed by atoms with E-state index >= 15 is 0 Å². The third kappa shape index (κ3) is 4.28. The molecule has 0 radical (unpaired) electrons. The van der Waals surface area contributed by atoms with E-state index in [-0.39, 0.29) is 11.4 Å². The van der Waals surface area contributed by atoms with Crippen LogP contribution in [0.3, 0.4) is 0 Å². The van der Waals surface area contributed by atoms with Gasteiger partial charge in [-0.25, -0.2) is 0 Å². The van der Waals surface area contributed by atoms with Crippen molar-refractivity contribution >= 4 is 39.6 Å². The molecule has 1 N–H and O–H groups in total. The van der Waals surface area contributed by atoms with Crippen LogP contribution in [0.1, 0.15) is 35.0 Å². The van der Waals surface area contributed by atoms with E-state index in [0.29, 0.717) is 22.2 Å². The second kappa shape index (κ2) is 8.06. The number of carbonyl (C=O) groups excluding carboxylic acids is 2. The number of anilines is 1. The molecule has 142 valence electrons. The molecular weight excluding hydrogens is 386 g/mol. The number of amides is 1. The highest BCUT2D eigenvalue weighted by atomic mass is 32.1. The number of thiazole rings is 1. The first-order chi connectivity index (χ1) is 12.9. The third-order valence-corrected chi connectivity index (χ3v) is 6.56. The molecule has 0 bridgehead atoms.